The summed E-state index contributed by atoms with van der Waals surface area (Å²) in [5.41, 5.74) is -0.616. The molecule has 19 heavy (non-hydrogen) atoms. The van der Waals surface area contributed by atoms with Crippen molar-refractivity contribution in [3.63, 3.8) is 0 Å². The average molecular weight is 268 g/mol. The third kappa shape index (κ3) is 2.90. The molecule has 1 aliphatic rings. The lowest BCUT2D eigenvalue weighted by Gasteiger charge is -2.28. The smallest absolute Gasteiger partial charge is 0.305 e. The van der Waals surface area contributed by atoms with Crippen molar-refractivity contribution < 1.29 is 14.4 Å². The van der Waals surface area contributed by atoms with Crippen molar-refractivity contribution in [3.8, 4) is 0 Å². The molecule has 0 aromatic heterocycles. The van der Waals surface area contributed by atoms with Gasteiger partial charge in [-0.1, -0.05) is 25.0 Å². The largest absolute Gasteiger partial charge is 0.394 e. The number of hydrogen-bond donors (Lipinski definition) is 2. The fourth-order valence-corrected chi connectivity index (χ4v) is 2.57. The minimum atomic E-state index is -0.800. The third-order valence-electron chi connectivity index (χ3n) is 3.77. The van der Waals surface area contributed by atoms with Crippen LogP contribution in [0.5, 0.6) is 0 Å². The van der Waals surface area contributed by atoms with E-state index in [-0.39, 0.29) is 24.3 Å². The molecule has 1 saturated carbocycles. The number of halogens is 1. The standard InChI is InChI=1S/C13H17FN2O3/c14-12-10(4-3-5-11(12)16(18)19)8-15-13(9-17)6-1-2-7-13/h3-5,15,17H,1-2,6-9H2. The molecule has 1 aromatic rings. The molecule has 0 radical (unpaired) electrons. The van der Waals surface area contributed by atoms with Gasteiger partial charge in [0.2, 0.25) is 5.82 Å². The maximum absolute atomic E-state index is 13.9. The number of nitro benzene ring substituents is 1. The van der Waals surface area contributed by atoms with Crippen molar-refractivity contribution in [1.29, 1.82) is 0 Å². The Balaban J connectivity index is 2.11. The molecule has 0 bridgehead atoms. The number of nitrogens with one attached hydrogen (secondary N) is 1. The van der Waals surface area contributed by atoms with Crippen LogP contribution in [0, 0.1) is 15.9 Å². The predicted octanol–water partition coefficient (Wildman–Crippen LogP) is 2.13. The lowest BCUT2D eigenvalue weighted by Crippen LogP contribution is -2.45. The normalized spacial score (nSPS) is 17.6. The Labute approximate surface area is 110 Å². The molecule has 1 fully saturated rings. The molecule has 0 heterocycles. The fourth-order valence-electron chi connectivity index (χ4n) is 2.57. The molecule has 6 heteroatoms. The first-order valence-electron chi connectivity index (χ1n) is 6.36. The van der Waals surface area contributed by atoms with Crippen molar-refractivity contribution in [1.82, 2.24) is 5.32 Å². The van der Waals surface area contributed by atoms with Crippen LogP contribution in [0.15, 0.2) is 18.2 Å². The molecule has 0 unspecified atom stereocenters. The Morgan fingerprint density at radius 2 is 2.11 bits per heavy atom. The summed E-state index contributed by atoms with van der Waals surface area (Å²) < 4.78 is 13.9. The first-order valence-corrected chi connectivity index (χ1v) is 6.36. The monoisotopic (exact) mass is 268 g/mol. The Morgan fingerprint density at radius 1 is 1.42 bits per heavy atom. The van der Waals surface area contributed by atoms with Crippen LogP contribution >= 0.6 is 0 Å². The van der Waals surface area contributed by atoms with E-state index < -0.39 is 16.4 Å². The van der Waals surface area contributed by atoms with Crippen molar-refractivity contribution in [2.24, 2.45) is 0 Å². The van der Waals surface area contributed by atoms with E-state index in [2.05, 4.69) is 5.32 Å². The summed E-state index contributed by atoms with van der Waals surface area (Å²) in [5.74, 6) is -0.800. The van der Waals surface area contributed by atoms with Crippen molar-refractivity contribution in [2.45, 2.75) is 37.8 Å². The molecule has 1 aromatic carbocycles. The van der Waals surface area contributed by atoms with Gasteiger partial charge in [0.15, 0.2) is 0 Å². The fraction of sp³-hybridized carbons (Fsp3) is 0.538. The van der Waals surface area contributed by atoms with E-state index in [1.54, 1.807) is 0 Å². The van der Waals surface area contributed by atoms with Crippen LogP contribution in [-0.2, 0) is 6.54 Å². The molecule has 1 aliphatic carbocycles. The lowest BCUT2D eigenvalue weighted by molar-refractivity contribution is -0.387. The molecular weight excluding hydrogens is 251 g/mol. The highest BCUT2D eigenvalue weighted by atomic mass is 19.1. The summed E-state index contributed by atoms with van der Waals surface area (Å²) in [6.07, 6.45) is 3.76. The van der Waals surface area contributed by atoms with E-state index in [9.17, 15) is 19.6 Å². The van der Waals surface area contributed by atoms with Gasteiger partial charge in [-0.15, -0.1) is 0 Å². The highest BCUT2D eigenvalue weighted by Crippen LogP contribution is 2.30. The second-order valence-electron chi connectivity index (χ2n) is 5.01. The van der Waals surface area contributed by atoms with Gasteiger partial charge in [-0.2, -0.15) is 4.39 Å². The summed E-state index contributed by atoms with van der Waals surface area (Å²) >= 11 is 0. The number of hydrogen-bond acceptors (Lipinski definition) is 4. The van der Waals surface area contributed by atoms with Gasteiger partial charge in [-0.3, -0.25) is 10.1 Å². The first kappa shape index (κ1) is 13.9. The number of aliphatic hydroxyl groups excluding tert-OH is 1. The minimum Gasteiger partial charge on any atom is -0.394 e. The Kier molecular flexibility index (Phi) is 4.11. The van der Waals surface area contributed by atoms with E-state index in [4.69, 9.17) is 0 Å². The quantitative estimate of drug-likeness (QED) is 0.633. The third-order valence-corrected chi connectivity index (χ3v) is 3.77. The van der Waals surface area contributed by atoms with E-state index in [1.807, 2.05) is 0 Å². The van der Waals surface area contributed by atoms with Crippen LogP contribution in [0.4, 0.5) is 10.1 Å². The molecule has 2 N–H and O–H groups in total. The summed E-state index contributed by atoms with van der Waals surface area (Å²) in [6.45, 7) is 0.192. The zero-order chi connectivity index (χ0) is 13.9. The van der Waals surface area contributed by atoms with Crippen molar-refractivity contribution in [2.75, 3.05) is 6.61 Å². The highest BCUT2D eigenvalue weighted by Gasteiger charge is 2.32. The molecule has 0 aliphatic heterocycles. The van der Waals surface area contributed by atoms with Crippen LogP contribution < -0.4 is 5.32 Å². The number of benzene rings is 1. The van der Waals surface area contributed by atoms with Crippen LogP contribution in [0.1, 0.15) is 31.2 Å². The van der Waals surface area contributed by atoms with Crippen LogP contribution in [0.25, 0.3) is 0 Å². The maximum atomic E-state index is 13.9. The van der Waals surface area contributed by atoms with Gasteiger partial charge in [0.1, 0.15) is 0 Å². The van der Waals surface area contributed by atoms with Gasteiger partial charge in [0, 0.05) is 23.7 Å². The molecule has 0 spiro atoms. The van der Waals surface area contributed by atoms with Gasteiger partial charge >= 0.3 is 5.69 Å². The van der Waals surface area contributed by atoms with Crippen molar-refractivity contribution in [3.05, 3.63) is 39.7 Å². The zero-order valence-corrected chi connectivity index (χ0v) is 10.6. The summed E-state index contributed by atoms with van der Waals surface area (Å²) in [6, 6.07) is 4.14. The SMILES string of the molecule is O=[N+]([O-])c1cccc(CNC2(CO)CCCC2)c1F. The topological polar surface area (TPSA) is 75.4 Å². The van der Waals surface area contributed by atoms with Gasteiger partial charge in [0.25, 0.3) is 0 Å². The molecule has 0 amide bonds. The van der Waals surface area contributed by atoms with Crippen LogP contribution in [-0.4, -0.2) is 22.2 Å². The van der Waals surface area contributed by atoms with E-state index >= 15 is 0 Å². The number of nitrogens with zero attached hydrogens (tertiary/aromatic N) is 1. The van der Waals surface area contributed by atoms with E-state index in [0.29, 0.717) is 0 Å². The van der Waals surface area contributed by atoms with Gasteiger partial charge in [-0.05, 0) is 12.8 Å². The second kappa shape index (κ2) is 5.63. The predicted molar refractivity (Wildman–Crippen MR) is 68.2 cm³/mol. The Bertz CT molecular complexity index is 473. The van der Waals surface area contributed by atoms with Gasteiger partial charge < -0.3 is 10.4 Å². The summed E-state index contributed by atoms with van der Waals surface area (Å²) in [4.78, 5) is 9.93. The molecule has 104 valence electrons. The number of rotatable bonds is 5. The average Bonchev–Trinajstić information content (AvgIpc) is 2.87. The zero-order valence-electron chi connectivity index (χ0n) is 10.6. The Hall–Kier alpha value is -1.53. The number of aliphatic hydroxyl groups is 1. The summed E-state index contributed by atoms with van der Waals surface area (Å²) in [7, 11) is 0. The lowest BCUT2D eigenvalue weighted by atomic mass is 9.98. The molecule has 5 nitrogen and oxygen atoms in total. The van der Waals surface area contributed by atoms with Crippen LogP contribution in [0.3, 0.4) is 0 Å². The van der Waals surface area contributed by atoms with E-state index in [1.165, 1.54) is 12.1 Å². The molecular formula is C13H17FN2O3. The number of nitro groups is 1. The van der Waals surface area contributed by atoms with Gasteiger partial charge in [-0.25, -0.2) is 0 Å². The molecule has 0 saturated heterocycles. The summed E-state index contributed by atoms with van der Waals surface area (Å²) in [5, 5.41) is 23.3. The van der Waals surface area contributed by atoms with Crippen molar-refractivity contribution >= 4 is 5.69 Å². The molecule has 2 rings (SSSR count). The maximum Gasteiger partial charge on any atom is 0.305 e. The van der Waals surface area contributed by atoms with E-state index in [0.717, 1.165) is 31.7 Å². The van der Waals surface area contributed by atoms with Crippen LogP contribution in [0.2, 0.25) is 0 Å². The van der Waals surface area contributed by atoms with Gasteiger partial charge in [0.05, 0.1) is 11.5 Å². The first-order chi connectivity index (χ1) is 9.08. The second-order valence-corrected chi connectivity index (χ2v) is 5.01. The molecule has 0 atom stereocenters. The Morgan fingerprint density at radius 3 is 2.68 bits per heavy atom. The highest BCUT2D eigenvalue weighted by molar-refractivity contribution is 5.36. The minimum absolute atomic E-state index is 0.00352.